The molecule has 0 fully saturated rings. The van der Waals surface area contributed by atoms with Gasteiger partial charge in [0.15, 0.2) is 0 Å². The van der Waals surface area contributed by atoms with Crippen LogP contribution in [0.15, 0.2) is 61.2 Å². The van der Waals surface area contributed by atoms with Gasteiger partial charge in [-0.25, -0.2) is 9.97 Å². The minimum atomic E-state index is -0.164. The standard InChI is InChI=1S/C20H20N4O2/c1-14-6-7-15(8-16(14)10-23-18-11-21-13-22-12-18)20(25)24-17-4-3-5-19(9-17)26-2/h3-9,11-13,23H,10H2,1-2H3,(H,24,25). The molecule has 2 aromatic carbocycles. The van der Waals surface area contributed by atoms with E-state index in [1.54, 1.807) is 25.6 Å². The van der Waals surface area contributed by atoms with Crippen LogP contribution in [-0.4, -0.2) is 23.0 Å². The van der Waals surface area contributed by atoms with Crippen molar-refractivity contribution in [1.29, 1.82) is 0 Å². The molecule has 0 aliphatic rings. The molecule has 2 N–H and O–H groups in total. The zero-order chi connectivity index (χ0) is 18.4. The molecule has 1 amide bonds. The number of aryl methyl sites for hydroxylation is 1. The summed E-state index contributed by atoms with van der Waals surface area (Å²) in [5.74, 6) is 0.532. The van der Waals surface area contributed by atoms with Gasteiger partial charge in [0.1, 0.15) is 12.1 Å². The van der Waals surface area contributed by atoms with Gasteiger partial charge in [-0.05, 0) is 42.3 Å². The fourth-order valence-corrected chi connectivity index (χ4v) is 2.49. The molecule has 6 heteroatoms. The molecule has 132 valence electrons. The molecule has 0 atom stereocenters. The molecule has 0 spiro atoms. The number of nitrogens with one attached hydrogen (secondary N) is 2. The predicted molar refractivity (Wildman–Crippen MR) is 101 cm³/mol. The van der Waals surface area contributed by atoms with Crippen molar-refractivity contribution in [1.82, 2.24) is 9.97 Å². The lowest BCUT2D eigenvalue weighted by Gasteiger charge is -2.11. The summed E-state index contributed by atoms with van der Waals surface area (Å²) in [6.07, 6.45) is 4.91. The normalized spacial score (nSPS) is 10.2. The van der Waals surface area contributed by atoms with Crippen LogP contribution in [0.4, 0.5) is 11.4 Å². The number of benzene rings is 2. The molecule has 0 bridgehead atoms. The smallest absolute Gasteiger partial charge is 0.255 e. The number of ether oxygens (including phenoxy) is 1. The average molecular weight is 348 g/mol. The summed E-state index contributed by atoms with van der Waals surface area (Å²) in [7, 11) is 1.60. The van der Waals surface area contributed by atoms with Gasteiger partial charge in [-0.1, -0.05) is 12.1 Å². The Hall–Kier alpha value is -3.41. The van der Waals surface area contributed by atoms with E-state index in [9.17, 15) is 4.79 Å². The van der Waals surface area contributed by atoms with Crippen molar-refractivity contribution in [2.75, 3.05) is 17.7 Å². The minimum Gasteiger partial charge on any atom is -0.497 e. The number of hydrogen-bond donors (Lipinski definition) is 2. The Labute approximate surface area is 152 Å². The van der Waals surface area contributed by atoms with Gasteiger partial charge in [0.05, 0.1) is 25.2 Å². The molecule has 26 heavy (non-hydrogen) atoms. The van der Waals surface area contributed by atoms with Crippen LogP contribution in [0.5, 0.6) is 5.75 Å². The minimum absolute atomic E-state index is 0.164. The Kier molecular flexibility index (Phi) is 5.43. The van der Waals surface area contributed by atoms with Crippen molar-refractivity contribution >= 4 is 17.3 Å². The number of carbonyl (C=O) groups excluding carboxylic acids is 1. The fourth-order valence-electron chi connectivity index (χ4n) is 2.49. The van der Waals surface area contributed by atoms with E-state index in [-0.39, 0.29) is 5.91 Å². The fraction of sp³-hybridized carbons (Fsp3) is 0.150. The first kappa shape index (κ1) is 17.4. The number of rotatable bonds is 6. The molecule has 0 radical (unpaired) electrons. The van der Waals surface area contributed by atoms with Crippen LogP contribution in [0.25, 0.3) is 0 Å². The van der Waals surface area contributed by atoms with Gasteiger partial charge >= 0.3 is 0 Å². The van der Waals surface area contributed by atoms with Gasteiger partial charge in [-0.2, -0.15) is 0 Å². The highest BCUT2D eigenvalue weighted by Crippen LogP contribution is 2.19. The molecular formula is C20H20N4O2. The summed E-state index contributed by atoms with van der Waals surface area (Å²) < 4.78 is 5.18. The van der Waals surface area contributed by atoms with Crippen LogP contribution in [-0.2, 0) is 6.54 Å². The lowest BCUT2D eigenvalue weighted by atomic mass is 10.0. The largest absolute Gasteiger partial charge is 0.497 e. The van der Waals surface area contributed by atoms with Gasteiger partial charge in [0, 0.05) is 23.9 Å². The van der Waals surface area contributed by atoms with Crippen LogP contribution >= 0.6 is 0 Å². The Morgan fingerprint density at radius 1 is 1.08 bits per heavy atom. The van der Waals surface area contributed by atoms with Crippen molar-refractivity contribution in [2.24, 2.45) is 0 Å². The zero-order valence-electron chi connectivity index (χ0n) is 14.7. The Morgan fingerprint density at radius 2 is 1.88 bits per heavy atom. The SMILES string of the molecule is COc1cccc(NC(=O)c2ccc(C)c(CNc3cncnc3)c2)c1. The maximum atomic E-state index is 12.6. The van der Waals surface area contributed by atoms with E-state index in [2.05, 4.69) is 20.6 Å². The Morgan fingerprint density at radius 3 is 2.65 bits per heavy atom. The van der Waals surface area contributed by atoms with Gasteiger partial charge < -0.3 is 15.4 Å². The van der Waals surface area contributed by atoms with E-state index in [4.69, 9.17) is 4.74 Å². The Balaban J connectivity index is 1.72. The quantitative estimate of drug-likeness (QED) is 0.711. The van der Waals surface area contributed by atoms with E-state index in [0.717, 1.165) is 16.8 Å². The van der Waals surface area contributed by atoms with Crippen molar-refractivity contribution in [2.45, 2.75) is 13.5 Å². The van der Waals surface area contributed by atoms with Crippen molar-refractivity contribution in [3.05, 3.63) is 77.9 Å². The molecular weight excluding hydrogens is 328 g/mol. The van der Waals surface area contributed by atoms with E-state index in [0.29, 0.717) is 23.5 Å². The first-order chi connectivity index (χ1) is 12.7. The third-order valence-electron chi connectivity index (χ3n) is 3.98. The molecule has 0 aliphatic carbocycles. The molecule has 0 saturated carbocycles. The van der Waals surface area contributed by atoms with E-state index >= 15 is 0 Å². The monoisotopic (exact) mass is 348 g/mol. The molecule has 3 rings (SSSR count). The highest BCUT2D eigenvalue weighted by Gasteiger charge is 2.09. The molecule has 0 aliphatic heterocycles. The van der Waals surface area contributed by atoms with Gasteiger partial charge in [0.2, 0.25) is 0 Å². The number of methoxy groups -OCH3 is 1. The van der Waals surface area contributed by atoms with Gasteiger partial charge in [-0.15, -0.1) is 0 Å². The molecule has 1 aromatic heterocycles. The number of anilines is 2. The summed E-state index contributed by atoms with van der Waals surface area (Å²) in [4.78, 5) is 20.5. The molecule has 0 unspecified atom stereocenters. The Bertz CT molecular complexity index is 897. The third kappa shape index (κ3) is 4.36. The summed E-state index contributed by atoms with van der Waals surface area (Å²) in [5.41, 5.74) is 4.26. The highest BCUT2D eigenvalue weighted by atomic mass is 16.5. The second kappa shape index (κ2) is 8.11. The molecule has 6 nitrogen and oxygen atoms in total. The van der Waals surface area contributed by atoms with Crippen molar-refractivity contribution in [3.8, 4) is 5.75 Å². The second-order valence-electron chi connectivity index (χ2n) is 5.81. The number of amides is 1. The van der Waals surface area contributed by atoms with E-state index < -0.39 is 0 Å². The third-order valence-corrected chi connectivity index (χ3v) is 3.98. The molecule has 3 aromatic rings. The van der Waals surface area contributed by atoms with E-state index in [1.807, 2.05) is 43.3 Å². The molecule has 1 heterocycles. The van der Waals surface area contributed by atoms with Crippen LogP contribution in [0.3, 0.4) is 0 Å². The maximum Gasteiger partial charge on any atom is 0.255 e. The van der Waals surface area contributed by atoms with Crippen LogP contribution in [0.2, 0.25) is 0 Å². The summed E-state index contributed by atoms with van der Waals surface area (Å²) in [6.45, 7) is 2.60. The number of nitrogens with zero attached hydrogens (tertiary/aromatic N) is 2. The summed E-state index contributed by atoms with van der Waals surface area (Å²) in [6, 6.07) is 12.9. The van der Waals surface area contributed by atoms with Crippen LogP contribution < -0.4 is 15.4 Å². The van der Waals surface area contributed by atoms with Crippen molar-refractivity contribution < 1.29 is 9.53 Å². The lowest BCUT2D eigenvalue weighted by molar-refractivity contribution is 0.102. The summed E-state index contributed by atoms with van der Waals surface area (Å²) >= 11 is 0. The first-order valence-electron chi connectivity index (χ1n) is 8.19. The average Bonchev–Trinajstić information content (AvgIpc) is 2.68. The molecule has 0 saturated heterocycles. The topological polar surface area (TPSA) is 76.1 Å². The van der Waals surface area contributed by atoms with Crippen molar-refractivity contribution in [3.63, 3.8) is 0 Å². The van der Waals surface area contributed by atoms with E-state index in [1.165, 1.54) is 6.33 Å². The summed E-state index contributed by atoms with van der Waals surface area (Å²) in [5, 5.41) is 6.15. The maximum absolute atomic E-state index is 12.6. The number of carbonyl (C=O) groups is 1. The highest BCUT2D eigenvalue weighted by molar-refractivity contribution is 6.04. The van der Waals surface area contributed by atoms with Crippen LogP contribution in [0.1, 0.15) is 21.5 Å². The predicted octanol–water partition coefficient (Wildman–Crippen LogP) is 3.66. The lowest BCUT2D eigenvalue weighted by Crippen LogP contribution is -2.13. The zero-order valence-corrected chi connectivity index (χ0v) is 14.7. The van der Waals surface area contributed by atoms with Gasteiger partial charge in [-0.3, -0.25) is 4.79 Å². The van der Waals surface area contributed by atoms with Crippen LogP contribution in [0, 0.1) is 6.92 Å². The van der Waals surface area contributed by atoms with Gasteiger partial charge in [0.25, 0.3) is 5.91 Å². The number of aromatic nitrogens is 2. The number of hydrogen-bond acceptors (Lipinski definition) is 5. The first-order valence-corrected chi connectivity index (χ1v) is 8.19. The second-order valence-corrected chi connectivity index (χ2v) is 5.81.